The first-order valence-electron chi connectivity index (χ1n) is 4.14. The predicted molar refractivity (Wildman–Crippen MR) is 45.7 cm³/mol. The van der Waals surface area contributed by atoms with Crippen molar-refractivity contribution in [1.29, 1.82) is 0 Å². The minimum Gasteiger partial charge on any atom is -0.341 e. The molecule has 3 heteroatoms. The summed E-state index contributed by atoms with van der Waals surface area (Å²) in [5.41, 5.74) is 0. The van der Waals surface area contributed by atoms with Crippen molar-refractivity contribution in [2.24, 2.45) is 0 Å². The number of rotatable bonds is 1. The van der Waals surface area contributed by atoms with Crippen molar-refractivity contribution in [2.75, 3.05) is 13.1 Å². The zero-order valence-corrected chi connectivity index (χ0v) is 7.60. The van der Waals surface area contributed by atoms with Gasteiger partial charge in [0.2, 0.25) is 5.91 Å². The summed E-state index contributed by atoms with van der Waals surface area (Å²) in [6, 6.07) is 0. The molecular formula is C8H14ClNO. The summed E-state index contributed by atoms with van der Waals surface area (Å²) in [7, 11) is 0. The lowest BCUT2D eigenvalue weighted by atomic mass is 10.1. The van der Waals surface area contributed by atoms with Crippen LogP contribution in [0, 0.1) is 0 Å². The smallest absolute Gasteiger partial charge is 0.240 e. The Kier molecular flexibility index (Phi) is 3.18. The molecular weight excluding hydrogens is 162 g/mol. The fourth-order valence-corrected chi connectivity index (χ4v) is 1.50. The Bertz CT molecular complexity index is 141. The molecule has 64 valence electrons. The van der Waals surface area contributed by atoms with Crippen molar-refractivity contribution >= 4 is 17.5 Å². The average Bonchev–Trinajstić information content (AvgIpc) is 2.05. The van der Waals surface area contributed by atoms with Gasteiger partial charge in [0.15, 0.2) is 0 Å². The van der Waals surface area contributed by atoms with Crippen LogP contribution >= 0.6 is 11.6 Å². The van der Waals surface area contributed by atoms with Crippen molar-refractivity contribution in [3.8, 4) is 0 Å². The molecule has 1 rings (SSSR count). The van der Waals surface area contributed by atoms with Crippen LogP contribution in [0.2, 0.25) is 0 Å². The topological polar surface area (TPSA) is 20.3 Å². The Labute approximate surface area is 72.5 Å². The quantitative estimate of drug-likeness (QED) is 0.555. The lowest BCUT2D eigenvalue weighted by Gasteiger charge is -2.27. The Morgan fingerprint density at radius 1 is 1.36 bits per heavy atom. The van der Waals surface area contributed by atoms with Crippen LogP contribution in [-0.2, 0) is 4.79 Å². The van der Waals surface area contributed by atoms with E-state index in [9.17, 15) is 4.79 Å². The lowest BCUT2D eigenvalue weighted by molar-refractivity contribution is -0.131. The molecule has 1 atom stereocenters. The third kappa shape index (κ3) is 2.37. The monoisotopic (exact) mass is 175 g/mol. The summed E-state index contributed by atoms with van der Waals surface area (Å²) in [6.07, 6.45) is 3.52. The number of alkyl halides is 1. The van der Waals surface area contributed by atoms with E-state index in [4.69, 9.17) is 11.6 Å². The molecule has 0 N–H and O–H groups in total. The Balaban J connectivity index is 2.39. The predicted octanol–water partition coefficient (Wildman–Crippen LogP) is 1.63. The summed E-state index contributed by atoms with van der Waals surface area (Å²) in [4.78, 5) is 13.2. The standard InChI is InChI=1S/C8H14ClNO/c1-7(9)8(11)10-5-3-2-4-6-10/h7H,2-6H2,1H3. The summed E-state index contributed by atoms with van der Waals surface area (Å²) >= 11 is 5.67. The molecule has 1 heterocycles. The number of amides is 1. The number of hydrogen-bond donors (Lipinski definition) is 0. The molecule has 1 aliphatic rings. The highest BCUT2D eigenvalue weighted by Crippen LogP contribution is 2.11. The van der Waals surface area contributed by atoms with Crippen molar-refractivity contribution in [3.63, 3.8) is 0 Å². The first-order valence-corrected chi connectivity index (χ1v) is 4.58. The molecule has 0 aromatic carbocycles. The van der Waals surface area contributed by atoms with Crippen LogP contribution in [0.1, 0.15) is 26.2 Å². The Morgan fingerprint density at radius 3 is 2.36 bits per heavy atom. The summed E-state index contributed by atoms with van der Waals surface area (Å²) in [5, 5.41) is -0.354. The maximum absolute atomic E-state index is 11.3. The van der Waals surface area contributed by atoms with Gasteiger partial charge in [-0.3, -0.25) is 4.79 Å². The SMILES string of the molecule is CC(Cl)C(=O)N1CCCCC1. The maximum atomic E-state index is 11.3. The molecule has 1 saturated heterocycles. The molecule has 0 aromatic heterocycles. The highest BCUT2D eigenvalue weighted by atomic mass is 35.5. The van der Waals surface area contributed by atoms with Gasteiger partial charge >= 0.3 is 0 Å². The van der Waals surface area contributed by atoms with Crippen LogP contribution in [-0.4, -0.2) is 29.3 Å². The van der Waals surface area contributed by atoms with Gasteiger partial charge in [-0.15, -0.1) is 11.6 Å². The van der Waals surface area contributed by atoms with Gasteiger partial charge in [-0.1, -0.05) is 0 Å². The van der Waals surface area contributed by atoms with Crippen LogP contribution in [0.3, 0.4) is 0 Å². The fraction of sp³-hybridized carbons (Fsp3) is 0.875. The van der Waals surface area contributed by atoms with Crippen LogP contribution in [0.4, 0.5) is 0 Å². The van der Waals surface area contributed by atoms with Crippen molar-refractivity contribution in [1.82, 2.24) is 4.90 Å². The van der Waals surface area contributed by atoms with Gasteiger partial charge in [0.25, 0.3) is 0 Å². The van der Waals surface area contributed by atoms with Gasteiger partial charge in [0.1, 0.15) is 5.38 Å². The van der Waals surface area contributed by atoms with Crippen LogP contribution in [0.15, 0.2) is 0 Å². The van der Waals surface area contributed by atoms with E-state index >= 15 is 0 Å². The van der Waals surface area contributed by atoms with Gasteiger partial charge in [-0.2, -0.15) is 0 Å². The van der Waals surface area contributed by atoms with E-state index in [-0.39, 0.29) is 11.3 Å². The summed E-state index contributed by atoms with van der Waals surface area (Å²) in [5.74, 6) is 0.0892. The molecule has 11 heavy (non-hydrogen) atoms. The first kappa shape index (κ1) is 8.85. The average molecular weight is 176 g/mol. The maximum Gasteiger partial charge on any atom is 0.240 e. The van der Waals surface area contributed by atoms with E-state index in [0.29, 0.717) is 0 Å². The fourth-order valence-electron chi connectivity index (χ4n) is 1.37. The molecule has 0 radical (unpaired) electrons. The number of likely N-dealkylation sites (tertiary alicyclic amines) is 1. The molecule has 1 fully saturated rings. The van der Waals surface area contributed by atoms with Crippen molar-refractivity contribution in [2.45, 2.75) is 31.6 Å². The molecule has 0 saturated carbocycles. The van der Waals surface area contributed by atoms with E-state index in [1.807, 2.05) is 4.90 Å². The third-order valence-electron chi connectivity index (χ3n) is 2.01. The number of carbonyl (C=O) groups is 1. The first-order chi connectivity index (χ1) is 5.22. The molecule has 2 nitrogen and oxygen atoms in total. The van der Waals surface area contributed by atoms with Gasteiger partial charge in [0.05, 0.1) is 0 Å². The van der Waals surface area contributed by atoms with Crippen LogP contribution in [0.25, 0.3) is 0 Å². The molecule has 0 aliphatic carbocycles. The van der Waals surface area contributed by atoms with Gasteiger partial charge in [0, 0.05) is 13.1 Å². The second kappa shape index (κ2) is 3.96. The largest absolute Gasteiger partial charge is 0.341 e. The number of carbonyl (C=O) groups excluding carboxylic acids is 1. The van der Waals surface area contributed by atoms with E-state index in [1.165, 1.54) is 6.42 Å². The molecule has 1 aliphatic heterocycles. The highest BCUT2D eigenvalue weighted by Gasteiger charge is 2.19. The lowest BCUT2D eigenvalue weighted by Crippen LogP contribution is -2.39. The zero-order valence-electron chi connectivity index (χ0n) is 6.85. The van der Waals surface area contributed by atoms with E-state index in [0.717, 1.165) is 25.9 Å². The molecule has 1 unspecified atom stereocenters. The molecule has 0 aromatic rings. The zero-order chi connectivity index (χ0) is 8.27. The van der Waals surface area contributed by atoms with Gasteiger partial charge < -0.3 is 4.90 Å². The molecule has 0 bridgehead atoms. The third-order valence-corrected chi connectivity index (χ3v) is 2.19. The number of halogens is 1. The number of hydrogen-bond acceptors (Lipinski definition) is 1. The Hall–Kier alpha value is -0.240. The minimum atomic E-state index is -0.354. The van der Waals surface area contributed by atoms with Crippen molar-refractivity contribution < 1.29 is 4.79 Å². The molecule has 1 amide bonds. The highest BCUT2D eigenvalue weighted by molar-refractivity contribution is 6.30. The van der Waals surface area contributed by atoms with Gasteiger partial charge in [-0.25, -0.2) is 0 Å². The second-order valence-electron chi connectivity index (χ2n) is 3.00. The van der Waals surface area contributed by atoms with Crippen LogP contribution in [0.5, 0.6) is 0 Å². The Morgan fingerprint density at radius 2 is 1.91 bits per heavy atom. The normalized spacial score (nSPS) is 21.5. The van der Waals surface area contributed by atoms with Crippen LogP contribution < -0.4 is 0 Å². The summed E-state index contributed by atoms with van der Waals surface area (Å²) < 4.78 is 0. The number of nitrogens with zero attached hydrogens (tertiary/aromatic N) is 1. The van der Waals surface area contributed by atoms with E-state index < -0.39 is 0 Å². The number of piperidine rings is 1. The van der Waals surface area contributed by atoms with Gasteiger partial charge in [-0.05, 0) is 26.2 Å². The summed E-state index contributed by atoms with van der Waals surface area (Å²) in [6.45, 7) is 3.53. The second-order valence-corrected chi connectivity index (χ2v) is 3.66. The van der Waals surface area contributed by atoms with E-state index in [2.05, 4.69) is 0 Å². The van der Waals surface area contributed by atoms with Crippen molar-refractivity contribution in [3.05, 3.63) is 0 Å². The minimum absolute atomic E-state index is 0.0892. The van der Waals surface area contributed by atoms with E-state index in [1.54, 1.807) is 6.92 Å². The molecule has 0 spiro atoms.